The average Bonchev–Trinajstić information content (AvgIpc) is 3.43. The minimum Gasteiger partial charge on any atom is -0.493 e. The topological polar surface area (TPSA) is 148 Å². The highest BCUT2D eigenvalue weighted by molar-refractivity contribution is 6.06. The van der Waals surface area contributed by atoms with E-state index < -0.39 is 23.6 Å². The van der Waals surface area contributed by atoms with E-state index in [1.165, 1.54) is 26.4 Å². The van der Waals surface area contributed by atoms with Crippen LogP contribution in [0.15, 0.2) is 65.5 Å². The Bertz CT molecular complexity index is 1870. The lowest BCUT2D eigenvalue weighted by molar-refractivity contribution is -0.123. The van der Waals surface area contributed by atoms with E-state index in [2.05, 4.69) is 15.6 Å². The molecule has 3 aliphatic rings. The Hall–Kier alpha value is -5.52. The summed E-state index contributed by atoms with van der Waals surface area (Å²) in [7, 11) is 2.97. The number of nitrogens with zero attached hydrogens (tertiary/aromatic N) is 1. The highest BCUT2D eigenvalue weighted by atomic mass is 16.5. The van der Waals surface area contributed by atoms with Crippen molar-refractivity contribution in [3.05, 3.63) is 93.3 Å². The third-order valence-corrected chi connectivity index (χ3v) is 7.88. The maximum atomic E-state index is 14.0. The summed E-state index contributed by atoms with van der Waals surface area (Å²) in [5.41, 5.74) is 2.39. The van der Waals surface area contributed by atoms with Crippen molar-refractivity contribution < 1.29 is 33.3 Å². The molecular formula is C33H32N4O8. The van der Waals surface area contributed by atoms with Crippen LogP contribution in [0.3, 0.4) is 0 Å². The molecule has 0 aliphatic carbocycles. The molecule has 0 radical (unpaired) electrons. The van der Waals surface area contributed by atoms with E-state index in [1.54, 1.807) is 41.3 Å². The summed E-state index contributed by atoms with van der Waals surface area (Å²) in [5.74, 6) is 0.246. The Morgan fingerprint density at radius 3 is 2.53 bits per heavy atom. The first kappa shape index (κ1) is 29.5. The maximum Gasteiger partial charge on any atom is 0.258 e. The number of pyridine rings is 1. The van der Waals surface area contributed by atoms with Gasteiger partial charge in [0.2, 0.25) is 5.56 Å². The SMILES string of the molecule is COc1ccc2cc1OCC(=O)NCc1ccc(c(OC)c1)O[C@H]1CN(C(=O)c3cc(=O)[nH]c4ccc(C)cc34)C[C@@H]1NC2=O. The molecule has 4 heterocycles. The molecule has 7 rings (SSSR count). The number of rotatable bonds is 3. The van der Waals surface area contributed by atoms with Crippen LogP contribution in [0.5, 0.6) is 23.0 Å². The van der Waals surface area contributed by atoms with Gasteiger partial charge in [0.15, 0.2) is 29.6 Å². The standard InChI is InChI=1S/C33H32N4O8/c1-18-4-7-23-21(10-18)22(13-30(38)35-23)33(41)37-15-24-29(16-37)45-26-8-5-19(11-27(26)43-3)14-34-31(39)17-44-28-12-20(32(40)36-24)6-9-25(28)42-2/h4-13,24,29H,14-17H2,1-3H3,(H,34,39)(H,35,38)(H,36,40)/t24-,29-/m0/s1. The van der Waals surface area contributed by atoms with Crippen molar-refractivity contribution in [1.82, 2.24) is 20.5 Å². The Kier molecular flexibility index (Phi) is 8.03. The van der Waals surface area contributed by atoms with Crippen molar-refractivity contribution in [3.8, 4) is 23.0 Å². The monoisotopic (exact) mass is 612 g/mol. The second-order valence-corrected chi connectivity index (χ2v) is 11.0. The van der Waals surface area contributed by atoms with E-state index in [0.717, 1.165) is 11.1 Å². The number of aromatic amines is 1. The van der Waals surface area contributed by atoms with Crippen LogP contribution in [0.4, 0.5) is 0 Å². The summed E-state index contributed by atoms with van der Waals surface area (Å²) in [6.07, 6.45) is -0.669. The lowest BCUT2D eigenvalue weighted by Crippen LogP contribution is -2.45. The second-order valence-electron chi connectivity index (χ2n) is 11.0. The number of H-pyrrole nitrogens is 1. The van der Waals surface area contributed by atoms with Gasteiger partial charge in [0.25, 0.3) is 17.7 Å². The first-order valence-electron chi connectivity index (χ1n) is 14.4. The van der Waals surface area contributed by atoms with Crippen LogP contribution in [0.2, 0.25) is 0 Å². The van der Waals surface area contributed by atoms with Crippen LogP contribution < -0.4 is 35.1 Å². The molecule has 12 heteroatoms. The fraction of sp³-hybridized carbons (Fsp3) is 0.273. The molecule has 0 saturated carbocycles. The lowest BCUT2D eigenvalue weighted by atomic mass is 10.1. The molecule has 1 aromatic heterocycles. The number of aryl methyl sites for hydroxylation is 1. The molecule has 0 spiro atoms. The predicted octanol–water partition coefficient (Wildman–Crippen LogP) is 2.56. The molecule has 232 valence electrons. The summed E-state index contributed by atoms with van der Waals surface area (Å²) < 4.78 is 23.1. The third kappa shape index (κ3) is 6.12. The van der Waals surface area contributed by atoms with E-state index in [0.29, 0.717) is 28.2 Å². The quantitative estimate of drug-likeness (QED) is 0.320. The molecule has 2 atom stereocenters. The van der Waals surface area contributed by atoms with E-state index in [-0.39, 0.29) is 54.9 Å². The number of likely N-dealkylation sites (tertiary alicyclic amines) is 1. The number of aromatic nitrogens is 1. The molecule has 1 saturated heterocycles. The first-order valence-corrected chi connectivity index (χ1v) is 14.4. The number of carbonyl (C=O) groups is 3. The summed E-state index contributed by atoms with van der Waals surface area (Å²) in [6.45, 7) is 2.08. The number of fused-ring (bicyclic) bond motifs is 8. The van der Waals surface area contributed by atoms with Crippen molar-refractivity contribution in [1.29, 1.82) is 0 Å². The molecule has 4 bridgehead atoms. The molecule has 12 nitrogen and oxygen atoms in total. The van der Waals surface area contributed by atoms with Gasteiger partial charge in [0.1, 0.15) is 6.10 Å². The van der Waals surface area contributed by atoms with Crippen molar-refractivity contribution in [2.45, 2.75) is 25.6 Å². The van der Waals surface area contributed by atoms with Crippen molar-refractivity contribution in [3.63, 3.8) is 0 Å². The van der Waals surface area contributed by atoms with E-state index in [9.17, 15) is 19.2 Å². The minimum absolute atomic E-state index is 0.119. The third-order valence-electron chi connectivity index (χ3n) is 7.88. The van der Waals surface area contributed by atoms with Crippen LogP contribution in [0.1, 0.15) is 31.8 Å². The van der Waals surface area contributed by atoms with Crippen molar-refractivity contribution in [2.24, 2.45) is 0 Å². The molecule has 3 aromatic carbocycles. The fourth-order valence-corrected chi connectivity index (χ4v) is 5.57. The Labute approximate surface area is 258 Å². The molecule has 3 amide bonds. The van der Waals surface area contributed by atoms with E-state index in [4.69, 9.17) is 18.9 Å². The maximum absolute atomic E-state index is 14.0. The lowest BCUT2D eigenvalue weighted by Gasteiger charge is -2.22. The summed E-state index contributed by atoms with van der Waals surface area (Å²) in [5, 5.41) is 6.44. The van der Waals surface area contributed by atoms with E-state index >= 15 is 0 Å². The van der Waals surface area contributed by atoms with Gasteiger partial charge in [-0.3, -0.25) is 19.2 Å². The van der Waals surface area contributed by atoms with Crippen molar-refractivity contribution in [2.75, 3.05) is 33.9 Å². The summed E-state index contributed by atoms with van der Waals surface area (Å²) >= 11 is 0. The zero-order valence-electron chi connectivity index (χ0n) is 25.0. The van der Waals surface area contributed by atoms with Gasteiger partial charge in [-0.2, -0.15) is 0 Å². The van der Waals surface area contributed by atoms with Crippen LogP contribution in [0.25, 0.3) is 10.9 Å². The molecule has 1 fully saturated rings. The van der Waals surface area contributed by atoms with E-state index in [1.807, 2.05) is 19.1 Å². The first-order chi connectivity index (χ1) is 21.7. The van der Waals surface area contributed by atoms with Crippen LogP contribution in [-0.4, -0.2) is 73.7 Å². The number of nitrogens with one attached hydrogen (secondary N) is 3. The minimum atomic E-state index is -0.669. The van der Waals surface area contributed by atoms with Crippen LogP contribution in [-0.2, 0) is 11.3 Å². The zero-order valence-corrected chi connectivity index (χ0v) is 25.0. The molecule has 0 unspecified atom stereocenters. The Morgan fingerprint density at radius 2 is 1.73 bits per heavy atom. The van der Waals surface area contributed by atoms with Crippen molar-refractivity contribution >= 4 is 28.6 Å². The number of amides is 3. The van der Waals surface area contributed by atoms with Gasteiger partial charge in [-0.15, -0.1) is 0 Å². The van der Waals surface area contributed by atoms with Gasteiger partial charge in [-0.05, 0) is 55.0 Å². The number of methoxy groups -OCH3 is 2. The highest BCUT2D eigenvalue weighted by Gasteiger charge is 2.39. The summed E-state index contributed by atoms with van der Waals surface area (Å²) in [4.78, 5) is 56.9. The second kappa shape index (κ2) is 12.2. The van der Waals surface area contributed by atoms with Gasteiger partial charge in [0, 0.05) is 35.6 Å². The highest BCUT2D eigenvalue weighted by Crippen LogP contribution is 2.32. The Balaban J connectivity index is 1.37. The van der Waals surface area contributed by atoms with Gasteiger partial charge in [-0.25, -0.2) is 0 Å². The number of hydrogen-bond acceptors (Lipinski definition) is 8. The number of ether oxygens (including phenoxy) is 4. The average molecular weight is 613 g/mol. The normalized spacial score (nSPS) is 18.2. The van der Waals surface area contributed by atoms with Gasteiger partial charge in [-0.1, -0.05) is 17.7 Å². The molecule has 3 aliphatic heterocycles. The molecule has 3 N–H and O–H groups in total. The molecule has 4 aromatic rings. The largest absolute Gasteiger partial charge is 0.493 e. The molecular weight excluding hydrogens is 580 g/mol. The number of hydrogen-bond donors (Lipinski definition) is 3. The predicted molar refractivity (Wildman–Crippen MR) is 164 cm³/mol. The fourth-order valence-electron chi connectivity index (χ4n) is 5.57. The number of carbonyl (C=O) groups excluding carboxylic acids is 3. The van der Waals surface area contributed by atoms with Gasteiger partial charge in [0.05, 0.1) is 32.4 Å². The molecule has 45 heavy (non-hydrogen) atoms. The zero-order chi connectivity index (χ0) is 31.7. The van der Waals surface area contributed by atoms with Gasteiger partial charge < -0.3 is 39.5 Å². The Morgan fingerprint density at radius 1 is 0.911 bits per heavy atom. The van der Waals surface area contributed by atoms with Gasteiger partial charge >= 0.3 is 0 Å². The number of benzene rings is 3. The van der Waals surface area contributed by atoms with Crippen LogP contribution in [0, 0.1) is 6.92 Å². The summed E-state index contributed by atoms with van der Waals surface area (Å²) in [6, 6.07) is 16.1. The smallest absolute Gasteiger partial charge is 0.258 e. The van der Waals surface area contributed by atoms with Crippen LogP contribution >= 0.6 is 0 Å².